The number of rotatable bonds is 8. The molecule has 2 rings (SSSR count). The van der Waals surface area contributed by atoms with Gasteiger partial charge in [0.25, 0.3) is 0 Å². The van der Waals surface area contributed by atoms with E-state index in [0.29, 0.717) is 17.6 Å². The molecule has 8 nitrogen and oxygen atoms in total. The summed E-state index contributed by atoms with van der Waals surface area (Å²) in [6, 6.07) is 0. The number of carbonyl (C=O) groups is 2. The third-order valence-electron chi connectivity index (χ3n) is 5.21. The third-order valence-corrected chi connectivity index (χ3v) is 6.63. The molecule has 0 spiro atoms. The van der Waals surface area contributed by atoms with Gasteiger partial charge in [-0.2, -0.15) is 0 Å². The Morgan fingerprint density at radius 3 is 2.35 bits per heavy atom. The minimum atomic E-state index is -4.04. The minimum Gasteiger partial charge on any atom is -0.490 e. The standard InChI is InChI=1S/C22H31O8P/c1-13(2)11-16-14(3)19(23)18(12-22(16,5)6)30-31(25,27-8)28-10-9-17-15(4)20(26-7)21(24)29-17/h9,11,18H,10,12H2,1-8H3/b17-9+. The number of hydrogen-bond donors (Lipinski definition) is 0. The number of esters is 1. The van der Waals surface area contributed by atoms with Crippen LogP contribution in [0.1, 0.15) is 48.0 Å². The molecule has 0 radical (unpaired) electrons. The summed E-state index contributed by atoms with van der Waals surface area (Å²) in [6.45, 7) is 11.1. The predicted molar refractivity (Wildman–Crippen MR) is 115 cm³/mol. The van der Waals surface area contributed by atoms with Crippen LogP contribution >= 0.6 is 7.82 Å². The zero-order chi connectivity index (χ0) is 23.6. The van der Waals surface area contributed by atoms with Crippen LogP contribution in [0.2, 0.25) is 0 Å². The molecule has 1 aliphatic heterocycles. The highest BCUT2D eigenvalue weighted by atomic mass is 31.2. The molecule has 0 aromatic heterocycles. The van der Waals surface area contributed by atoms with Crippen LogP contribution in [-0.2, 0) is 37.2 Å². The summed E-state index contributed by atoms with van der Waals surface area (Å²) in [5, 5.41) is 0. The average Bonchev–Trinajstić information content (AvgIpc) is 2.95. The van der Waals surface area contributed by atoms with Crippen LogP contribution in [0.25, 0.3) is 0 Å². The fourth-order valence-corrected chi connectivity index (χ4v) is 4.62. The van der Waals surface area contributed by atoms with E-state index in [-0.39, 0.29) is 29.3 Å². The van der Waals surface area contributed by atoms with Crippen LogP contribution in [0.4, 0.5) is 0 Å². The Labute approximate surface area is 183 Å². The van der Waals surface area contributed by atoms with E-state index in [0.717, 1.165) is 11.1 Å². The second-order valence-corrected chi connectivity index (χ2v) is 10.1. The van der Waals surface area contributed by atoms with Crippen molar-refractivity contribution < 1.29 is 37.2 Å². The van der Waals surface area contributed by atoms with Gasteiger partial charge in [0.15, 0.2) is 5.78 Å². The molecule has 172 valence electrons. The monoisotopic (exact) mass is 454 g/mol. The number of Topliss-reactive ketones (excluding diaryl/α,β-unsaturated/α-hetero) is 1. The van der Waals surface area contributed by atoms with Gasteiger partial charge in [0.05, 0.1) is 13.7 Å². The molecule has 9 heteroatoms. The zero-order valence-electron chi connectivity index (χ0n) is 19.4. The van der Waals surface area contributed by atoms with Crippen LogP contribution < -0.4 is 0 Å². The quantitative estimate of drug-likeness (QED) is 0.382. The normalized spacial score (nSPS) is 24.4. The molecule has 2 atom stereocenters. The molecule has 0 amide bonds. The molecule has 0 aromatic rings. The van der Waals surface area contributed by atoms with E-state index >= 15 is 0 Å². The molecule has 0 fully saturated rings. The van der Waals surface area contributed by atoms with E-state index in [1.54, 1.807) is 13.8 Å². The molecular formula is C22H31O8P. The van der Waals surface area contributed by atoms with Gasteiger partial charge in [-0.1, -0.05) is 25.5 Å². The summed E-state index contributed by atoms with van der Waals surface area (Å²) in [5.74, 6) is -0.521. The van der Waals surface area contributed by atoms with Crippen molar-refractivity contribution in [2.75, 3.05) is 20.8 Å². The van der Waals surface area contributed by atoms with Crippen molar-refractivity contribution in [3.63, 3.8) is 0 Å². The van der Waals surface area contributed by atoms with Gasteiger partial charge < -0.3 is 9.47 Å². The molecule has 0 saturated carbocycles. The summed E-state index contributed by atoms with van der Waals surface area (Å²) < 4.78 is 39.0. The molecular weight excluding hydrogens is 423 g/mol. The first kappa shape index (κ1) is 25.3. The summed E-state index contributed by atoms with van der Waals surface area (Å²) in [4.78, 5) is 24.6. The maximum Gasteiger partial charge on any atom is 0.475 e. The summed E-state index contributed by atoms with van der Waals surface area (Å²) in [7, 11) is -1.48. The molecule has 31 heavy (non-hydrogen) atoms. The van der Waals surface area contributed by atoms with Crippen molar-refractivity contribution in [2.24, 2.45) is 5.41 Å². The van der Waals surface area contributed by atoms with Gasteiger partial charge in [-0.05, 0) is 56.8 Å². The SMILES string of the molecule is COC1=C(C)/C(=C\COP(=O)(OC)OC2CC(C)(C)C(C=C(C)C)=C(C)C2=O)OC1=O. The van der Waals surface area contributed by atoms with E-state index in [1.165, 1.54) is 20.3 Å². The Bertz CT molecular complexity index is 931. The lowest BCUT2D eigenvalue weighted by Gasteiger charge is -2.37. The van der Waals surface area contributed by atoms with E-state index < -0.39 is 19.9 Å². The number of hydrogen-bond acceptors (Lipinski definition) is 8. The fraction of sp³-hybridized carbons (Fsp3) is 0.545. The number of allylic oxidation sites excluding steroid dienone is 4. The number of carbonyl (C=O) groups excluding carboxylic acids is 2. The second kappa shape index (κ2) is 9.65. The first-order valence-electron chi connectivity index (χ1n) is 9.92. The number of phosphoric acid groups is 1. The molecule has 2 aliphatic rings. The predicted octanol–water partition coefficient (Wildman–Crippen LogP) is 4.79. The highest BCUT2D eigenvalue weighted by molar-refractivity contribution is 7.48. The first-order valence-corrected chi connectivity index (χ1v) is 11.4. The summed E-state index contributed by atoms with van der Waals surface area (Å²) in [6.07, 6.45) is 2.79. The molecule has 1 aliphatic carbocycles. The largest absolute Gasteiger partial charge is 0.490 e. The molecule has 0 N–H and O–H groups in total. The molecule has 0 bridgehead atoms. The maximum absolute atomic E-state index is 13.0. The molecule has 1 heterocycles. The minimum absolute atomic E-state index is 0.0990. The lowest BCUT2D eigenvalue weighted by atomic mass is 9.70. The van der Waals surface area contributed by atoms with Crippen molar-refractivity contribution >= 4 is 19.6 Å². The number of cyclic esters (lactones) is 1. The van der Waals surface area contributed by atoms with Gasteiger partial charge >= 0.3 is 13.8 Å². The van der Waals surface area contributed by atoms with Gasteiger partial charge in [-0.25, -0.2) is 9.36 Å². The number of methoxy groups -OCH3 is 1. The van der Waals surface area contributed by atoms with Crippen molar-refractivity contribution in [1.82, 2.24) is 0 Å². The number of ether oxygens (including phenoxy) is 2. The highest BCUT2D eigenvalue weighted by Crippen LogP contribution is 2.53. The van der Waals surface area contributed by atoms with Crippen LogP contribution in [0.3, 0.4) is 0 Å². The van der Waals surface area contributed by atoms with E-state index in [4.69, 9.17) is 23.0 Å². The summed E-state index contributed by atoms with van der Waals surface area (Å²) >= 11 is 0. The Morgan fingerprint density at radius 2 is 1.84 bits per heavy atom. The van der Waals surface area contributed by atoms with Crippen molar-refractivity contribution in [2.45, 2.75) is 54.1 Å². The topological polar surface area (TPSA) is 97.4 Å². The van der Waals surface area contributed by atoms with E-state index in [2.05, 4.69) is 0 Å². The van der Waals surface area contributed by atoms with Crippen LogP contribution in [0.15, 0.2) is 46.0 Å². The highest BCUT2D eigenvalue weighted by Gasteiger charge is 2.42. The third kappa shape index (κ3) is 5.63. The number of phosphoric ester groups is 1. The fourth-order valence-electron chi connectivity index (χ4n) is 3.63. The Morgan fingerprint density at radius 1 is 1.19 bits per heavy atom. The van der Waals surface area contributed by atoms with Crippen LogP contribution in [-0.4, -0.2) is 38.7 Å². The van der Waals surface area contributed by atoms with Crippen molar-refractivity contribution in [3.05, 3.63) is 46.0 Å². The Hall–Kier alpha value is -1.99. The van der Waals surface area contributed by atoms with Gasteiger partial charge in [0.2, 0.25) is 5.76 Å². The zero-order valence-corrected chi connectivity index (χ0v) is 20.3. The molecule has 0 saturated heterocycles. The van der Waals surface area contributed by atoms with Crippen LogP contribution in [0, 0.1) is 5.41 Å². The molecule has 2 unspecified atom stereocenters. The van der Waals surface area contributed by atoms with E-state index in [9.17, 15) is 14.2 Å². The van der Waals surface area contributed by atoms with Gasteiger partial charge in [-0.15, -0.1) is 0 Å². The smallest absolute Gasteiger partial charge is 0.475 e. The molecule has 0 aromatic carbocycles. The van der Waals surface area contributed by atoms with Crippen LogP contribution in [0.5, 0.6) is 0 Å². The number of ketones is 1. The van der Waals surface area contributed by atoms with Gasteiger partial charge in [-0.3, -0.25) is 18.4 Å². The van der Waals surface area contributed by atoms with Crippen molar-refractivity contribution in [1.29, 1.82) is 0 Å². The first-order chi connectivity index (χ1) is 14.3. The van der Waals surface area contributed by atoms with Crippen molar-refractivity contribution in [3.8, 4) is 0 Å². The lowest BCUT2D eigenvalue weighted by Crippen LogP contribution is -2.37. The maximum atomic E-state index is 13.0. The Kier molecular flexibility index (Phi) is 7.87. The summed E-state index contributed by atoms with van der Waals surface area (Å²) in [5.41, 5.74) is 2.73. The van der Waals surface area contributed by atoms with Gasteiger partial charge in [0.1, 0.15) is 11.9 Å². The van der Waals surface area contributed by atoms with E-state index in [1.807, 2.05) is 33.8 Å². The van der Waals surface area contributed by atoms with Gasteiger partial charge in [0, 0.05) is 12.7 Å². The average molecular weight is 454 g/mol. The second-order valence-electron chi connectivity index (χ2n) is 8.35. The Balaban J connectivity index is 2.16. The lowest BCUT2D eigenvalue weighted by molar-refractivity contribution is -0.136.